The van der Waals surface area contributed by atoms with Crippen LogP contribution in [-0.2, 0) is 20.7 Å². The van der Waals surface area contributed by atoms with Crippen molar-refractivity contribution in [2.24, 2.45) is 0 Å². The summed E-state index contributed by atoms with van der Waals surface area (Å²) in [6.07, 6.45) is 0.598. The molecule has 1 rings (SSSR count). The first kappa shape index (κ1) is 16.0. The second-order valence-corrected chi connectivity index (χ2v) is 4.07. The molecule has 6 heteroatoms. The Kier molecular flexibility index (Phi) is 7.13. The highest BCUT2D eigenvalue weighted by Crippen LogP contribution is 2.17. The van der Waals surface area contributed by atoms with Gasteiger partial charge in [-0.25, -0.2) is 0 Å². The van der Waals surface area contributed by atoms with Crippen LogP contribution in [0.4, 0.5) is 0 Å². The minimum Gasteiger partial charge on any atom is -0.496 e. The van der Waals surface area contributed by atoms with Gasteiger partial charge in [-0.05, 0) is 18.1 Å². The molecule has 1 aromatic carbocycles. The molecule has 0 aliphatic carbocycles. The molecule has 0 aliphatic heterocycles. The van der Waals surface area contributed by atoms with Gasteiger partial charge in [0.1, 0.15) is 5.75 Å². The number of benzene rings is 1. The van der Waals surface area contributed by atoms with Crippen molar-refractivity contribution < 1.29 is 19.1 Å². The largest absolute Gasteiger partial charge is 0.496 e. The lowest BCUT2D eigenvalue weighted by Gasteiger charge is -2.09. The summed E-state index contributed by atoms with van der Waals surface area (Å²) in [5, 5.41) is 5.02. The minimum absolute atomic E-state index is 0.315. The molecule has 6 nitrogen and oxygen atoms in total. The topological polar surface area (TPSA) is 76.7 Å². The van der Waals surface area contributed by atoms with Gasteiger partial charge in [0.05, 0.1) is 13.7 Å². The molecule has 0 unspecified atom stereocenters. The van der Waals surface area contributed by atoms with E-state index in [-0.39, 0.29) is 0 Å². The summed E-state index contributed by atoms with van der Waals surface area (Å²) >= 11 is 0. The Balaban J connectivity index is 2.33. The Morgan fingerprint density at radius 2 is 1.70 bits per heavy atom. The van der Waals surface area contributed by atoms with Crippen LogP contribution in [0.15, 0.2) is 24.3 Å². The van der Waals surface area contributed by atoms with Crippen LogP contribution >= 0.6 is 0 Å². The molecule has 0 bridgehead atoms. The Hall–Kier alpha value is -2.08. The molecular formula is C14H20N2O4. The van der Waals surface area contributed by atoms with E-state index in [4.69, 9.17) is 9.47 Å². The van der Waals surface area contributed by atoms with E-state index in [0.717, 1.165) is 11.3 Å². The first-order valence-electron chi connectivity index (χ1n) is 6.36. The number of para-hydroxylation sites is 1. The SMILES string of the molecule is COCCNC(=O)C(=O)NCCc1ccccc1OC. The Morgan fingerprint density at radius 1 is 1.05 bits per heavy atom. The van der Waals surface area contributed by atoms with Gasteiger partial charge in [-0.1, -0.05) is 18.2 Å². The summed E-state index contributed by atoms with van der Waals surface area (Å²) < 4.78 is 9.99. The summed E-state index contributed by atoms with van der Waals surface area (Å²) in [5.41, 5.74) is 0.982. The molecule has 2 N–H and O–H groups in total. The van der Waals surface area contributed by atoms with Crippen LogP contribution in [0, 0.1) is 0 Å². The molecule has 0 atom stereocenters. The van der Waals surface area contributed by atoms with Crippen molar-refractivity contribution in [3.05, 3.63) is 29.8 Å². The van der Waals surface area contributed by atoms with Gasteiger partial charge < -0.3 is 20.1 Å². The van der Waals surface area contributed by atoms with Gasteiger partial charge in [0.15, 0.2) is 0 Å². The average molecular weight is 280 g/mol. The molecule has 1 aromatic rings. The standard InChI is InChI=1S/C14H20N2O4/c1-19-10-9-16-14(18)13(17)15-8-7-11-5-3-4-6-12(11)20-2/h3-6H,7-10H2,1-2H3,(H,15,17)(H,16,18). The molecule has 0 spiro atoms. The first-order valence-corrected chi connectivity index (χ1v) is 6.36. The van der Waals surface area contributed by atoms with Crippen molar-refractivity contribution in [3.8, 4) is 5.75 Å². The Morgan fingerprint density at radius 3 is 2.35 bits per heavy atom. The van der Waals surface area contributed by atoms with Crippen LogP contribution in [0.25, 0.3) is 0 Å². The first-order chi connectivity index (χ1) is 9.69. The number of ether oxygens (including phenoxy) is 2. The zero-order valence-corrected chi connectivity index (χ0v) is 11.8. The number of rotatable bonds is 7. The average Bonchev–Trinajstić information content (AvgIpc) is 2.47. The lowest BCUT2D eigenvalue weighted by atomic mass is 10.1. The number of carbonyl (C=O) groups is 2. The van der Waals surface area contributed by atoms with E-state index in [1.807, 2.05) is 24.3 Å². The van der Waals surface area contributed by atoms with E-state index in [1.165, 1.54) is 7.11 Å². The number of hydrogen-bond acceptors (Lipinski definition) is 4. The molecule has 20 heavy (non-hydrogen) atoms. The summed E-state index contributed by atoms with van der Waals surface area (Å²) in [7, 11) is 3.13. The molecular weight excluding hydrogens is 260 g/mol. The fourth-order valence-electron chi connectivity index (χ4n) is 1.65. The van der Waals surface area contributed by atoms with E-state index < -0.39 is 11.8 Å². The maximum absolute atomic E-state index is 11.5. The van der Waals surface area contributed by atoms with Crippen LogP contribution in [0.2, 0.25) is 0 Å². The molecule has 0 aliphatic rings. The van der Waals surface area contributed by atoms with Crippen LogP contribution < -0.4 is 15.4 Å². The van der Waals surface area contributed by atoms with Crippen LogP contribution in [0.3, 0.4) is 0 Å². The predicted molar refractivity (Wildman–Crippen MR) is 74.6 cm³/mol. The lowest BCUT2D eigenvalue weighted by Crippen LogP contribution is -2.41. The fraction of sp³-hybridized carbons (Fsp3) is 0.429. The third-order valence-corrected chi connectivity index (χ3v) is 2.67. The van der Waals surface area contributed by atoms with E-state index in [2.05, 4.69) is 10.6 Å². The fourth-order valence-corrected chi connectivity index (χ4v) is 1.65. The molecule has 0 aromatic heterocycles. The zero-order chi connectivity index (χ0) is 14.8. The minimum atomic E-state index is -0.651. The molecule has 0 saturated heterocycles. The van der Waals surface area contributed by atoms with Crippen molar-refractivity contribution in [1.29, 1.82) is 0 Å². The maximum Gasteiger partial charge on any atom is 0.309 e. The van der Waals surface area contributed by atoms with Gasteiger partial charge in [-0.3, -0.25) is 9.59 Å². The second kappa shape index (κ2) is 8.92. The molecule has 2 amide bonds. The van der Waals surface area contributed by atoms with Gasteiger partial charge >= 0.3 is 11.8 Å². The van der Waals surface area contributed by atoms with Gasteiger partial charge in [0.25, 0.3) is 0 Å². The van der Waals surface area contributed by atoms with Gasteiger partial charge in [0.2, 0.25) is 0 Å². The number of carbonyl (C=O) groups excluding carboxylic acids is 2. The van der Waals surface area contributed by atoms with Crippen molar-refractivity contribution in [2.75, 3.05) is 33.9 Å². The van der Waals surface area contributed by atoms with Gasteiger partial charge in [-0.15, -0.1) is 0 Å². The second-order valence-electron chi connectivity index (χ2n) is 4.07. The Labute approximate surface area is 118 Å². The number of hydrogen-bond donors (Lipinski definition) is 2. The third-order valence-electron chi connectivity index (χ3n) is 2.67. The van der Waals surface area contributed by atoms with Crippen LogP contribution in [-0.4, -0.2) is 45.7 Å². The van der Waals surface area contributed by atoms with Gasteiger partial charge in [0, 0.05) is 20.2 Å². The quantitative estimate of drug-likeness (QED) is 0.549. The van der Waals surface area contributed by atoms with Crippen LogP contribution in [0.1, 0.15) is 5.56 Å². The van der Waals surface area contributed by atoms with E-state index >= 15 is 0 Å². The van der Waals surface area contributed by atoms with Gasteiger partial charge in [-0.2, -0.15) is 0 Å². The summed E-state index contributed by atoms with van der Waals surface area (Å²) in [6, 6.07) is 7.56. The molecule has 0 fully saturated rings. The van der Waals surface area contributed by atoms with Crippen molar-refractivity contribution >= 4 is 11.8 Å². The molecule has 110 valence electrons. The molecule has 0 saturated carbocycles. The monoisotopic (exact) mass is 280 g/mol. The predicted octanol–water partition coefficient (Wildman–Crippen LogP) is 0.117. The smallest absolute Gasteiger partial charge is 0.309 e. The molecule has 0 heterocycles. The van der Waals surface area contributed by atoms with Crippen molar-refractivity contribution in [3.63, 3.8) is 0 Å². The summed E-state index contributed by atoms with van der Waals surface area (Å²) in [5.74, 6) is -0.524. The number of amides is 2. The van der Waals surface area contributed by atoms with E-state index in [9.17, 15) is 9.59 Å². The molecule has 0 radical (unpaired) electrons. The lowest BCUT2D eigenvalue weighted by molar-refractivity contribution is -0.139. The van der Waals surface area contributed by atoms with E-state index in [1.54, 1.807) is 7.11 Å². The summed E-state index contributed by atoms with van der Waals surface area (Å²) in [4.78, 5) is 22.9. The highest BCUT2D eigenvalue weighted by atomic mass is 16.5. The maximum atomic E-state index is 11.5. The number of methoxy groups -OCH3 is 2. The third kappa shape index (κ3) is 5.27. The van der Waals surface area contributed by atoms with Crippen molar-refractivity contribution in [1.82, 2.24) is 10.6 Å². The zero-order valence-electron chi connectivity index (χ0n) is 11.8. The highest BCUT2D eigenvalue weighted by Gasteiger charge is 2.12. The van der Waals surface area contributed by atoms with Crippen LogP contribution in [0.5, 0.6) is 5.75 Å². The van der Waals surface area contributed by atoms with E-state index in [0.29, 0.717) is 26.1 Å². The van der Waals surface area contributed by atoms with Crippen molar-refractivity contribution in [2.45, 2.75) is 6.42 Å². The highest BCUT2D eigenvalue weighted by molar-refractivity contribution is 6.35. The normalized spacial score (nSPS) is 9.90. The Bertz CT molecular complexity index is 449. The summed E-state index contributed by atoms with van der Waals surface area (Å²) in [6.45, 7) is 1.06. The number of nitrogens with one attached hydrogen (secondary N) is 2.